The van der Waals surface area contributed by atoms with E-state index in [2.05, 4.69) is 10.2 Å². The highest BCUT2D eigenvalue weighted by atomic mass is 35.5. The molecule has 0 spiro atoms. The third-order valence-electron chi connectivity index (χ3n) is 7.63. The van der Waals surface area contributed by atoms with Crippen LogP contribution in [0.2, 0.25) is 10.0 Å². The molecule has 238 valence electrons. The van der Waals surface area contributed by atoms with Crippen molar-refractivity contribution in [2.24, 2.45) is 0 Å². The second kappa shape index (κ2) is 14.2. The number of carbonyl (C=O) groups excluding carboxylic acids is 2. The van der Waals surface area contributed by atoms with Gasteiger partial charge in [0.15, 0.2) is 4.34 Å². The molecule has 6 rings (SSSR count). The van der Waals surface area contributed by atoms with E-state index in [1.807, 2.05) is 37.3 Å². The van der Waals surface area contributed by atoms with Gasteiger partial charge in [0.1, 0.15) is 23.9 Å². The van der Waals surface area contributed by atoms with E-state index in [1.165, 1.54) is 28.0 Å². The highest BCUT2D eigenvalue weighted by Gasteiger charge is 2.48. The summed E-state index contributed by atoms with van der Waals surface area (Å²) < 4.78 is 11.8. The van der Waals surface area contributed by atoms with Gasteiger partial charge in [0.25, 0.3) is 5.78 Å². The lowest BCUT2D eigenvalue weighted by Gasteiger charge is -2.22. The highest BCUT2D eigenvalue weighted by molar-refractivity contribution is 8.00. The number of methoxy groups -OCH3 is 1. The SMILES string of the molecule is COc1ccc(C2/C(=C(\O)c3ccc(OCc4ccccc4C)cc3)C(=O)C(=O)N2c2nnc(SCc3ccc(Cl)cc3Cl)s2)cc1. The largest absolute Gasteiger partial charge is 0.507 e. The van der Waals surface area contributed by atoms with Crippen molar-refractivity contribution in [3.63, 3.8) is 0 Å². The van der Waals surface area contributed by atoms with Crippen molar-refractivity contribution < 1.29 is 24.2 Å². The van der Waals surface area contributed by atoms with Crippen LogP contribution in [0.1, 0.15) is 33.9 Å². The smallest absolute Gasteiger partial charge is 0.301 e. The summed E-state index contributed by atoms with van der Waals surface area (Å²) in [6.45, 7) is 2.41. The zero-order valence-electron chi connectivity index (χ0n) is 25.1. The fourth-order valence-electron chi connectivity index (χ4n) is 5.07. The molecule has 1 aliphatic rings. The number of ether oxygens (including phenoxy) is 2. The quantitative estimate of drug-likeness (QED) is 0.0507. The summed E-state index contributed by atoms with van der Waals surface area (Å²) in [5.41, 5.74) is 3.93. The van der Waals surface area contributed by atoms with E-state index in [1.54, 1.807) is 67.8 Å². The van der Waals surface area contributed by atoms with E-state index in [4.69, 9.17) is 32.7 Å². The summed E-state index contributed by atoms with van der Waals surface area (Å²) >= 11 is 14.9. The van der Waals surface area contributed by atoms with Crippen LogP contribution in [0.15, 0.2) is 101 Å². The number of halogens is 2. The first-order chi connectivity index (χ1) is 22.7. The Hall–Kier alpha value is -4.35. The number of hydrogen-bond acceptors (Lipinski definition) is 9. The molecule has 1 amide bonds. The van der Waals surface area contributed by atoms with Crippen LogP contribution in [-0.2, 0) is 21.9 Å². The molecule has 1 atom stereocenters. The maximum Gasteiger partial charge on any atom is 0.301 e. The van der Waals surface area contributed by atoms with Crippen LogP contribution in [0.25, 0.3) is 5.76 Å². The maximum atomic E-state index is 13.6. The number of benzene rings is 4. The van der Waals surface area contributed by atoms with Gasteiger partial charge in [-0.25, -0.2) is 0 Å². The Labute approximate surface area is 289 Å². The highest BCUT2D eigenvalue weighted by Crippen LogP contribution is 2.44. The summed E-state index contributed by atoms with van der Waals surface area (Å²) in [7, 11) is 1.55. The minimum absolute atomic E-state index is 0.0638. The third-order valence-corrected chi connectivity index (χ3v) is 10.3. The number of anilines is 1. The molecule has 0 aliphatic carbocycles. The Balaban J connectivity index is 1.30. The van der Waals surface area contributed by atoms with E-state index in [-0.39, 0.29) is 16.5 Å². The summed E-state index contributed by atoms with van der Waals surface area (Å²) in [4.78, 5) is 28.5. The molecule has 0 radical (unpaired) electrons. The van der Waals surface area contributed by atoms with Crippen molar-refractivity contribution in [3.8, 4) is 11.5 Å². The molecular weight excluding hydrogens is 677 g/mol. The van der Waals surface area contributed by atoms with Crippen LogP contribution < -0.4 is 14.4 Å². The van der Waals surface area contributed by atoms with Crippen molar-refractivity contribution in [3.05, 3.63) is 134 Å². The summed E-state index contributed by atoms with van der Waals surface area (Å²) in [6, 6.07) is 26.0. The topological polar surface area (TPSA) is 102 Å². The van der Waals surface area contributed by atoms with Crippen molar-refractivity contribution in [2.45, 2.75) is 29.7 Å². The number of hydrogen-bond donors (Lipinski definition) is 1. The first-order valence-electron chi connectivity index (χ1n) is 14.4. The number of Topliss-reactive ketones (excluding diaryl/α,β-unsaturated/α-hetero) is 1. The molecular formula is C35H27Cl2N3O5S2. The van der Waals surface area contributed by atoms with Gasteiger partial charge in [0.2, 0.25) is 5.13 Å². The second-order valence-corrected chi connectivity index (χ2v) is 13.6. The van der Waals surface area contributed by atoms with Gasteiger partial charge < -0.3 is 14.6 Å². The molecule has 1 N–H and O–H groups in total. The maximum absolute atomic E-state index is 13.6. The number of aliphatic hydroxyl groups is 1. The van der Waals surface area contributed by atoms with Crippen molar-refractivity contribution in [1.82, 2.24) is 10.2 Å². The van der Waals surface area contributed by atoms with Gasteiger partial charge in [0.05, 0.1) is 18.7 Å². The van der Waals surface area contributed by atoms with Gasteiger partial charge in [-0.1, -0.05) is 88.8 Å². The molecule has 0 saturated carbocycles. The molecule has 1 fully saturated rings. The lowest BCUT2D eigenvalue weighted by Crippen LogP contribution is -2.29. The zero-order chi connectivity index (χ0) is 33.1. The van der Waals surface area contributed by atoms with E-state index in [9.17, 15) is 14.7 Å². The zero-order valence-corrected chi connectivity index (χ0v) is 28.3. The van der Waals surface area contributed by atoms with Crippen LogP contribution in [0.5, 0.6) is 11.5 Å². The van der Waals surface area contributed by atoms with E-state index in [0.717, 1.165) is 16.7 Å². The Morgan fingerprint density at radius 2 is 1.66 bits per heavy atom. The van der Waals surface area contributed by atoms with Crippen LogP contribution >= 0.6 is 46.3 Å². The minimum Gasteiger partial charge on any atom is -0.507 e. The van der Waals surface area contributed by atoms with Crippen LogP contribution in [0, 0.1) is 6.92 Å². The van der Waals surface area contributed by atoms with Gasteiger partial charge in [-0.05, 0) is 77.7 Å². The number of amides is 1. The molecule has 1 saturated heterocycles. The molecule has 8 nitrogen and oxygen atoms in total. The number of aliphatic hydroxyl groups excluding tert-OH is 1. The first kappa shape index (κ1) is 32.6. The van der Waals surface area contributed by atoms with Crippen molar-refractivity contribution in [2.75, 3.05) is 12.0 Å². The van der Waals surface area contributed by atoms with Crippen LogP contribution in [-0.4, -0.2) is 34.1 Å². The molecule has 12 heteroatoms. The number of aryl methyl sites for hydroxylation is 1. The minimum atomic E-state index is -0.964. The normalized spacial score (nSPS) is 15.7. The lowest BCUT2D eigenvalue weighted by molar-refractivity contribution is -0.132. The third kappa shape index (κ3) is 7.01. The lowest BCUT2D eigenvalue weighted by atomic mass is 9.95. The fourth-order valence-corrected chi connectivity index (χ4v) is 7.49. The summed E-state index contributed by atoms with van der Waals surface area (Å²) in [6.07, 6.45) is 0. The van der Waals surface area contributed by atoms with Crippen LogP contribution in [0.4, 0.5) is 5.13 Å². The first-order valence-corrected chi connectivity index (χ1v) is 16.9. The summed E-state index contributed by atoms with van der Waals surface area (Å²) in [5.74, 6) is -0.276. The molecule has 4 aromatic carbocycles. The van der Waals surface area contributed by atoms with E-state index >= 15 is 0 Å². The Kier molecular flexibility index (Phi) is 9.84. The Morgan fingerprint density at radius 3 is 2.36 bits per heavy atom. The average Bonchev–Trinajstić information content (AvgIpc) is 3.65. The fraction of sp³-hybridized carbons (Fsp3) is 0.143. The standard InChI is InChI=1S/C35H27Cl2N3O5S2/c1-20-5-3-4-6-23(20)18-45-27-15-10-22(11-16-27)31(41)29-30(21-8-13-26(44-2)14-9-21)40(33(43)32(29)42)34-38-39-35(47-34)46-19-24-7-12-25(36)17-28(24)37/h3-17,30,41H,18-19H2,1-2H3/b31-29+. The Morgan fingerprint density at radius 1 is 0.936 bits per heavy atom. The second-order valence-electron chi connectivity index (χ2n) is 10.6. The summed E-state index contributed by atoms with van der Waals surface area (Å²) in [5, 5.41) is 21.4. The van der Waals surface area contributed by atoms with Gasteiger partial charge in [-0.15, -0.1) is 10.2 Å². The monoisotopic (exact) mass is 703 g/mol. The molecule has 1 aliphatic heterocycles. The van der Waals surface area contributed by atoms with E-state index < -0.39 is 17.7 Å². The number of aromatic nitrogens is 2. The molecule has 1 unspecified atom stereocenters. The molecule has 5 aromatic rings. The molecule has 0 bridgehead atoms. The number of rotatable bonds is 10. The van der Waals surface area contributed by atoms with Crippen molar-refractivity contribution in [1.29, 1.82) is 0 Å². The molecule has 2 heterocycles. The van der Waals surface area contributed by atoms with Gasteiger partial charge >= 0.3 is 5.91 Å². The number of nitrogens with zero attached hydrogens (tertiary/aromatic N) is 3. The average molecular weight is 705 g/mol. The number of thioether (sulfide) groups is 1. The number of ketones is 1. The van der Waals surface area contributed by atoms with E-state index in [0.29, 0.717) is 49.4 Å². The predicted octanol–water partition coefficient (Wildman–Crippen LogP) is 8.66. The molecule has 47 heavy (non-hydrogen) atoms. The van der Waals surface area contributed by atoms with Gasteiger partial charge in [-0.2, -0.15) is 0 Å². The number of carbonyl (C=O) groups is 2. The Bertz CT molecular complexity index is 1980. The molecule has 1 aromatic heterocycles. The van der Waals surface area contributed by atoms with Crippen LogP contribution in [0.3, 0.4) is 0 Å². The van der Waals surface area contributed by atoms with Crippen molar-refractivity contribution >= 4 is 68.9 Å². The van der Waals surface area contributed by atoms with Gasteiger partial charge in [0, 0.05) is 21.4 Å². The van der Waals surface area contributed by atoms with Gasteiger partial charge in [-0.3, -0.25) is 14.5 Å². The predicted molar refractivity (Wildman–Crippen MR) is 186 cm³/mol.